The van der Waals surface area contributed by atoms with Crippen LogP contribution in [0.15, 0.2) is 5.10 Å². The largest absolute Gasteiger partial charge is 0.370 e. The number of nitrogens with zero attached hydrogens (tertiary/aromatic N) is 1. The van der Waals surface area contributed by atoms with Gasteiger partial charge in [0.25, 0.3) is 5.91 Å². The smallest absolute Gasteiger partial charge is 0.267 e. The molecule has 0 radical (unpaired) electrons. The second kappa shape index (κ2) is 4.94. The highest BCUT2D eigenvalue weighted by molar-refractivity contribution is 6.39. The first-order valence-electron chi connectivity index (χ1n) is 5.26. The second-order valence-electron chi connectivity index (χ2n) is 4.57. The molecule has 1 aliphatic rings. The zero-order valence-electron chi connectivity index (χ0n) is 9.87. The number of primary amides is 1. The molecule has 1 aliphatic heterocycles. The Bertz CT molecular complexity index is 387. The maximum Gasteiger partial charge on any atom is 0.267 e. The van der Waals surface area contributed by atoms with E-state index in [1.54, 1.807) is 13.8 Å². The van der Waals surface area contributed by atoms with Crippen LogP contribution in [0.1, 0.15) is 33.1 Å². The van der Waals surface area contributed by atoms with Gasteiger partial charge in [0.2, 0.25) is 11.8 Å². The SMILES string of the molecule is CC(C)(CC(N)=O)NC(=O)C1=NNC(=O)CC1. The van der Waals surface area contributed by atoms with Gasteiger partial charge in [-0.2, -0.15) is 5.10 Å². The molecule has 0 aromatic heterocycles. The standard InChI is InChI=1S/C10H16N4O3/c1-10(2,5-7(11)15)12-9(17)6-3-4-8(16)14-13-6/h3-5H2,1-2H3,(H2,11,15)(H,12,17)(H,14,16). The number of carbonyl (C=O) groups is 3. The van der Waals surface area contributed by atoms with Gasteiger partial charge >= 0.3 is 0 Å². The lowest BCUT2D eigenvalue weighted by Gasteiger charge is -2.25. The first-order chi connectivity index (χ1) is 7.80. The van der Waals surface area contributed by atoms with E-state index in [2.05, 4.69) is 15.8 Å². The molecule has 0 aromatic rings. The van der Waals surface area contributed by atoms with E-state index in [9.17, 15) is 14.4 Å². The van der Waals surface area contributed by atoms with Crippen molar-refractivity contribution in [2.45, 2.75) is 38.6 Å². The molecule has 0 aliphatic carbocycles. The summed E-state index contributed by atoms with van der Waals surface area (Å²) in [6, 6.07) is 0. The summed E-state index contributed by atoms with van der Waals surface area (Å²) in [6.07, 6.45) is 0.575. The number of hydrazone groups is 1. The highest BCUT2D eigenvalue weighted by Gasteiger charge is 2.26. The van der Waals surface area contributed by atoms with Crippen molar-refractivity contribution in [2.75, 3.05) is 0 Å². The van der Waals surface area contributed by atoms with Crippen LogP contribution in [-0.2, 0) is 14.4 Å². The molecule has 7 heteroatoms. The van der Waals surface area contributed by atoms with E-state index in [4.69, 9.17) is 5.73 Å². The lowest BCUT2D eigenvalue weighted by atomic mass is 9.99. The molecule has 4 N–H and O–H groups in total. The van der Waals surface area contributed by atoms with Crippen LogP contribution >= 0.6 is 0 Å². The van der Waals surface area contributed by atoms with E-state index in [0.717, 1.165) is 0 Å². The van der Waals surface area contributed by atoms with Gasteiger partial charge in [-0.05, 0) is 13.8 Å². The first-order valence-corrected chi connectivity index (χ1v) is 5.26. The molecule has 1 rings (SSSR count). The van der Waals surface area contributed by atoms with E-state index in [0.29, 0.717) is 6.42 Å². The van der Waals surface area contributed by atoms with Gasteiger partial charge in [0.05, 0.1) is 0 Å². The van der Waals surface area contributed by atoms with Gasteiger partial charge in [0.1, 0.15) is 5.71 Å². The Morgan fingerprint density at radius 3 is 2.59 bits per heavy atom. The zero-order chi connectivity index (χ0) is 13.1. The van der Waals surface area contributed by atoms with Crippen molar-refractivity contribution in [1.82, 2.24) is 10.7 Å². The van der Waals surface area contributed by atoms with Crippen molar-refractivity contribution in [3.63, 3.8) is 0 Å². The van der Waals surface area contributed by atoms with Crippen molar-refractivity contribution in [3.8, 4) is 0 Å². The molecule has 0 saturated carbocycles. The fourth-order valence-corrected chi connectivity index (χ4v) is 1.50. The number of nitrogens with two attached hydrogens (primary N) is 1. The summed E-state index contributed by atoms with van der Waals surface area (Å²) in [5.74, 6) is -1.09. The Hall–Kier alpha value is -1.92. The molecule has 0 aromatic carbocycles. The molecule has 0 atom stereocenters. The van der Waals surface area contributed by atoms with Gasteiger partial charge in [-0.1, -0.05) is 0 Å². The van der Waals surface area contributed by atoms with Crippen LogP contribution in [0.4, 0.5) is 0 Å². The number of carbonyl (C=O) groups excluding carboxylic acids is 3. The molecule has 0 unspecified atom stereocenters. The third-order valence-electron chi connectivity index (χ3n) is 2.23. The Morgan fingerprint density at radius 1 is 1.47 bits per heavy atom. The summed E-state index contributed by atoms with van der Waals surface area (Å²) in [6.45, 7) is 3.38. The van der Waals surface area contributed by atoms with Crippen LogP contribution in [0, 0.1) is 0 Å². The van der Waals surface area contributed by atoms with Gasteiger partial charge in [-0.15, -0.1) is 0 Å². The predicted octanol–water partition coefficient (Wildman–Crippen LogP) is -0.977. The predicted molar refractivity (Wildman–Crippen MR) is 60.8 cm³/mol. The number of hydrogen-bond acceptors (Lipinski definition) is 4. The van der Waals surface area contributed by atoms with Crippen molar-refractivity contribution in [2.24, 2.45) is 10.8 Å². The molecular weight excluding hydrogens is 224 g/mol. The Labute approximate surface area is 98.8 Å². The lowest BCUT2D eigenvalue weighted by Crippen LogP contribution is -2.49. The number of nitrogens with one attached hydrogen (secondary N) is 2. The van der Waals surface area contributed by atoms with Crippen LogP contribution in [0.5, 0.6) is 0 Å². The maximum absolute atomic E-state index is 11.8. The minimum atomic E-state index is -0.729. The molecule has 17 heavy (non-hydrogen) atoms. The Kier molecular flexibility index (Phi) is 3.82. The third kappa shape index (κ3) is 4.21. The minimum absolute atomic E-state index is 0.0401. The summed E-state index contributed by atoms with van der Waals surface area (Å²) < 4.78 is 0. The number of hydrogen-bond donors (Lipinski definition) is 3. The van der Waals surface area contributed by atoms with Crippen molar-refractivity contribution < 1.29 is 14.4 Å². The van der Waals surface area contributed by atoms with Crippen LogP contribution in [0.2, 0.25) is 0 Å². The third-order valence-corrected chi connectivity index (χ3v) is 2.23. The normalized spacial score (nSPS) is 15.9. The molecule has 1 heterocycles. The first kappa shape index (κ1) is 13.1. The van der Waals surface area contributed by atoms with Gasteiger partial charge in [0, 0.05) is 24.8 Å². The van der Waals surface area contributed by atoms with Crippen LogP contribution < -0.4 is 16.5 Å². The zero-order valence-corrected chi connectivity index (χ0v) is 9.87. The summed E-state index contributed by atoms with van der Waals surface area (Å²) in [5.41, 5.74) is 6.83. The summed E-state index contributed by atoms with van der Waals surface area (Å²) in [4.78, 5) is 33.4. The summed E-state index contributed by atoms with van der Waals surface area (Å²) in [7, 11) is 0. The number of amides is 3. The Balaban J connectivity index is 2.60. The lowest BCUT2D eigenvalue weighted by molar-refractivity contribution is -0.121. The van der Waals surface area contributed by atoms with Gasteiger partial charge in [0.15, 0.2) is 0 Å². The highest BCUT2D eigenvalue weighted by atomic mass is 16.2. The Morgan fingerprint density at radius 2 is 2.12 bits per heavy atom. The molecule has 0 fully saturated rings. The summed E-state index contributed by atoms with van der Waals surface area (Å²) >= 11 is 0. The quantitative estimate of drug-likeness (QED) is 0.587. The fraction of sp³-hybridized carbons (Fsp3) is 0.600. The van der Waals surface area contributed by atoms with E-state index in [-0.39, 0.29) is 24.5 Å². The van der Waals surface area contributed by atoms with E-state index in [1.807, 2.05) is 0 Å². The van der Waals surface area contributed by atoms with Crippen LogP contribution in [-0.4, -0.2) is 29.0 Å². The van der Waals surface area contributed by atoms with Crippen molar-refractivity contribution in [1.29, 1.82) is 0 Å². The van der Waals surface area contributed by atoms with Gasteiger partial charge in [-0.25, -0.2) is 5.43 Å². The van der Waals surface area contributed by atoms with Crippen molar-refractivity contribution >= 4 is 23.4 Å². The van der Waals surface area contributed by atoms with E-state index in [1.165, 1.54) is 0 Å². The monoisotopic (exact) mass is 240 g/mol. The molecular formula is C10H16N4O3. The average molecular weight is 240 g/mol. The maximum atomic E-state index is 11.8. The minimum Gasteiger partial charge on any atom is -0.370 e. The van der Waals surface area contributed by atoms with Crippen LogP contribution in [0.3, 0.4) is 0 Å². The highest BCUT2D eigenvalue weighted by Crippen LogP contribution is 2.08. The molecule has 0 saturated heterocycles. The fourth-order valence-electron chi connectivity index (χ4n) is 1.50. The average Bonchev–Trinajstić information content (AvgIpc) is 2.15. The molecule has 0 spiro atoms. The molecule has 7 nitrogen and oxygen atoms in total. The molecule has 3 amide bonds. The second-order valence-corrected chi connectivity index (χ2v) is 4.57. The van der Waals surface area contributed by atoms with Crippen molar-refractivity contribution in [3.05, 3.63) is 0 Å². The van der Waals surface area contributed by atoms with E-state index < -0.39 is 17.4 Å². The molecule has 94 valence electrons. The topological polar surface area (TPSA) is 114 Å². The molecule has 0 bridgehead atoms. The van der Waals surface area contributed by atoms with E-state index >= 15 is 0 Å². The van der Waals surface area contributed by atoms with Gasteiger partial charge in [-0.3, -0.25) is 14.4 Å². The van der Waals surface area contributed by atoms with Crippen LogP contribution in [0.25, 0.3) is 0 Å². The van der Waals surface area contributed by atoms with Gasteiger partial charge < -0.3 is 11.1 Å². The number of rotatable bonds is 4. The summed E-state index contributed by atoms with van der Waals surface area (Å²) in [5, 5.41) is 6.31.